The summed E-state index contributed by atoms with van der Waals surface area (Å²) < 4.78 is 2.09. The van der Waals surface area contributed by atoms with Gasteiger partial charge in [-0.2, -0.15) is 0 Å². The first-order valence-electron chi connectivity index (χ1n) is 3.89. The Hall–Kier alpha value is -0.885. The van der Waals surface area contributed by atoms with Crippen LogP contribution in [0.15, 0.2) is 24.4 Å². The number of rotatable bonds is 0. The maximum absolute atomic E-state index is 5.89. The third kappa shape index (κ3) is 1.03. The summed E-state index contributed by atoms with van der Waals surface area (Å²) in [5, 5.41) is 2.07. The first kappa shape index (κ1) is 7.75. The molecule has 0 fully saturated rings. The third-order valence-electron chi connectivity index (χ3n) is 2.15. The van der Waals surface area contributed by atoms with Crippen LogP contribution in [0.25, 0.3) is 10.9 Å². The zero-order chi connectivity index (χ0) is 8.72. The van der Waals surface area contributed by atoms with Crippen molar-refractivity contribution in [3.05, 3.63) is 29.4 Å². The Bertz CT molecular complexity index is 433. The zero-order valence-electron chi connectivity index (χ0n) is 7.13. The zero-order valence-corrected chi connectivity index (χ0v) is 7.89. The van der Waals surface area contributed by atoms with E-state index in [-0.39, 0.29) is 0 Å². The standard InChI is InChI=1S/C9H9BClN/c1-12-5-8(10)7-3-2-6(11)4-9(7)12/h2-5H,10H2,1H3. The lowest BCUT2D eigenvalue weighted by Gasteiger charge is -1.95. The molecule has 0 unspecified atom stereocenters. The molecule has 0 amide bonds. The van der Waals surface area contributed by atoms with E-state index in [0.717, 1.165) is 5.02 Å². The summed E-state index contributed by atoms with van der Waals surface area (Å²) >= 11 is 5.89. The Morgan fingerprint density at radius 3 is 2.92 bits per heavy atom. The average molecular weight is 177 g/mol. The summed E-state index contributed by atoms with van der Waals surface area (Å²) in [6, 6.07) is 5.98. The number of halogens is 1. The topological polar surface area (TPSA) is 4.93 Å². The predicted molar refractivity (Wildman–Crippen MR) is 56.1 cm³/mol. The number of aryl methyl sites for hydroxylation is 1. The Balaban J connectivity index is 2.90. The predicted octanol–water partition coefficient (Wildman–Crippen LogP) is 1.09. The summed E-state index contributed by atoms with van der Waals surface area (Å²) in [4.78, 5) is 0. The molecule has 1 nitrogen and oxygen atoms in total. The lowest BCUT2D eigenvalue weighted by Crippen LogP contribution is -1.97. The van der Waals surface area contributed by atoms with Crippen LogP contribution in [0.1, 0.15) is 0 Å². The minimum absolute atomic E-state index is 0.795. The van der Waals surface area contributed by atoms with Crippen molar-refractivity contribution in [3.63, 3.8) is 0 Å². The maximum Gasteiger partial charge on any atom is 0.142 e. The summed E-state index contributed by atoms with van der Waals surface area (Å²) in [7, 11) is 4.14. The molecule has 0 saturated carbocycles. The van der Waals surface area contributed by atoms with Gasteiger partial charge >= 0.3 is 0 Å². The molecule has 1 heterocycles. The number of hydrogen-bond donors (Lipinski definition) is 0. The molecule has 0 aliphatic rings. The van der Waals surface area contributed by atoms with Gasteiger partial charge in [-0.05, 0) is 23.7 Å². The van der Waals surface area contributed by atoms with Crippen molar-refractivity contribution in [2.24, 2.45) is 7.05 Å². The minimum atomic E-state index is 0.795. The highest BCUT2D eigenvalue weighted by Crippen LogP contribution is 2.17. The van der Waals surface area contributed by atoms with Gasteiger partial charge in [0.1, 0.15) is 7.85 Å². The van der Waals surface area contributed by atoms with Crippen molar-refractivity contribution in [3.8, 4) is 0 Å². The lowest BCUT2D eigenvalue weighted by molar-refractivity contribution is 0.972. The van der Waals surface area contributed by atoms with E-state index in [1.807, 2.05) is 19.2 Å². The fraction of sp³-hybridized carbons (Fsp3) is 0.111. The van der Waals surface area contributed by atoms with Gasteiger partial charge in [-0.25, -0.2) is 0 Å². The normalized spacial score (nSPS) is 10.8. The van der Waals surface area contributed by atoms with Crippen LogP contribution < -0.4 is 5.46 Å². The molecular weight excluding hydrogens is 168 g/mol. The molecule has 2 aromatic rings. The molecule has 0 atom stereocenters. The Labute approximate surface area is 77.4 Å². The highest BCUT2D eigenvalue weighted by molar-refractivity contribution is 6.39. The molecule has 0 bridgehead atoms. The van der Waals surface area contributed by atoms with E-state index in [4.69, 9.17) is 11.6 Å². The van der Waals surface area contributed by atoms with Crippen molar-refractivity contribution in [2.45, 2.75) is 0 Å². The van der Waals surface area contributed by atoms with E-state index in [2.05, 4.69) is 24.7 Å². The fourth-order valence-corrected chi connectivity index (χ4v) is 1.73. The molecule has 12 heavy (non-hydrogen) atoms. The molecule has 0 aliphatic carbocycles. The first-order valence-corrected chi connectivity index (χ1v) is 4.27. The average Bonchev–Trinajstić information content (AvgIpc) is 2.28. The molecule has 0 spiro atoms. The second-order valence-corrected chi connectivity index (χ2v) is 3.52. The number of hydrogen-bond acceptors (Lipinski definition) is 0. The molecule has 0 radical (unpaired) electrons. The van der Waals surface area contributed by atoms with E-state index >= 15 is 0 Å². The van der Waals surface area contributed by atoms with Gasteiger partial charge in [-0.15, -0.1) is 0 Å². The Morgan fingerprint density at radius 2 is 2.17 bits per heavy atom. The smallest absolute Gasteiger partial charge is 0.142 e. The van der Waals surface area contributed by atoms with E-state index < -0.39 is 0 Å². The van der Waals surface area contributed by atoms with Gasteiger partial charge in [-0.1, -0.05) is 23.1 Å². The van der Waals surface area contributed by atoms with Crippen molar-refractivity contribution in [1.29, 1.82) is 0 Å². The van der Waals surface area contributed by atoms with E-state index in [9.17, 15) is 0 Å². The van der Waals surface area contributed by atoms with Crippen molar-refractivity contribution < 1.29 is 0 Å². The van der Waals surface area contributed by atoms with Crippen LogP contribution in [0.2, 0.25) is 5.02 Å². The molecule has 1 aromatic carbocycles. The van der Waals surface area contributed by atoms with Gasteiger partial charge < -0.3 is 4.57 Å². The Kier molecular flexibility index (Phi) is 1.65. The summed E-state index contributed by atoms with van der Waals surface area (Å²) in [6.07, 6.45) is 2.11. The van der Waals surface area contributed by atoms with E-state index in [1.54, 1.807) is 0 Å². The molecule has 1 aromatic heterocycles. The number of fused-ring (bicyclic) bond motifs is 1. The summed E-state index contributed by atoms with van der Waals surface area (Å²) in [5.74, 6) is 0. The van der Waals surface area contributed by atoms with Gasteiger partial charge in [0.05, 0.1) is 0 Å². The number of nitrogens with zero attached hydrogens (tertiary/aromatic N) is 1. The van der Waals surface area contributed by atoms with Crippen molar-refractivity contribution in [2.75, 3.05) is 0 Å². The summed E-state index contributed by atoms with van der Waals surface area (Å²) in [6.45, 7) is 0. The highest BCUT2D eigenvalue weighted by Gasteiger charge is 2.01. The van der Waals surface area contributed by atoms with Crippen LogP contribution in [0.4, 0.5) is 0 Å². The lowest BCUT2D eigenvalue weighted by atomic mass is 9.96. The van der Waals surface area contributed by atoms with Gasteiger partial charge in [0.25, 0.3) is 0 Å². The minimum Gasteiger partial charge on any atom is -0.351 e. The molecule has 2 rings (SSSR count). The van der Waals surface area contributed by atoms with Gasteiger partial charge in [-0.3, -0.25) is 0 Å². The largest absolute Gasteiger partial charge is 0.351 e. The van der Waals surface area contributed by atoms with Crippen LogP contribution in [0.5, 0.6) is 0 Å². The van der Waals surface area contributed by atoms with E-state index in [0.29, 0.717) is 0 Å². The molecular formula is C9H9BClN. The van der Waals surface area contributed by atoms with Crippen LogP contribution in [0, 0.1) is 0 Å². The van der Waals surface area contributed by atoms with Crippen LogP contribution in [0.3, 0.4) is 0 Å². The van der Waals surface area contributed by atoms with Gasteiger partial charge in [0, 0.05) is 17.6 Å². The molecule has 0 N–H and O–H groups in total. The maximum atomic E-state index is 5.89. The monoisotopic (exact) mass is 177 g/mol. The first-order chi connectivity index (χ1) is 5.68. The van der Waals surface area contributed by atoms with E-state index in [1.165, 1.54) is 16.4 Å². The molecule has 3 heteroatoms. The van der Waals surface area contributed by atoms with Crippen LogP contribution in [-0.4, -0.2) is 12.4 Å². The fourth-order valence-electron chi connectivity index (χ4n) is 1.56. The summed E-state index contributed by atoms with van der Waals surface area (Å²) in [5.41, 5.74) is 2.49. The molecule has 60 valence electrons. The second-order valence-electron chi connectivity index (χ2n) is 3.08. The van der Waals surface area contributed by atoms with Crippen molar-refractivity contribution >= 4 is 35.8 Å². The van der Waals surface area contributed by atoms with Gasteiger partial charge in [0.2, 0.25) is 0 Å². The van der Waals surface area contributed by atoms with Gasteiger partial charge in [0.15, 0.2) is 0 Å². The Morgan fingerprint density at radius 1 is 1.42 bits per heavy atom. The quantitative estimate of drug-likeness (QED) is 0.531. The van der Waals surface area contributed by atoms with Crippen molar-refractivity contribution in [1.82, 2.24) is 4.57 Å². The second kappa shape index (κ2) is 2.56. The number of benzene rings is 1. The highest BCUT2D eigenvalue weighted by atomic mass is 35.5. The molecule has 0 aliphatic heterocycles. The SMILES string of the molecule is Bc1cn(C)c2cc(Cl)ccc12. The number of aromatic nitrogens is 1. The third-order valence-corrected chi connectivity index (χ3v) is 2.39. The van der Waals surface area contributed by atoms with Crippen LogP contribution >= 0.6 is 11.6 Å². The molecule has 0 saturated heterocycles. The van der Waals surface area contributed by atoms with Crippen LogP contribution in [-0.2, 0) is 7.05 Å².